The molecule has 0 spiro atoms. The van der Waals surface area contributed by atoms with Crippen molar-refractivity contribution in [2.24, 2.45) is 0 Å². The minimum Gasteiger partial charge on any atom is -0.363 e. The maximum absolute atomic E-state index is 11.6. The standard InChI is InChI=1S/C21H32N4O3/c1-22-21(28)10-8-18(15-26)24(3)19-9-7-17(13-20(19)23(2)16-27)14-25-11-5-4-6-12-25/h7,9,13,15-16,18H,4-6,8,10-12,14H2,1-3H3,(H,22,28). The van der Waals surface area contributed by atoms with Crippen molar-refractivity contribution in [3.63, 3.8) is 0 Å². The first kappa shape index (κ1) is 21.9. The molecule has 0 aliphatic carbocycles. The molecule has 0 saturated carbocycles. The van der Waals surface area contributed by atoms with Crippen molar-refractivity contribution in [2.45, 2.75) is 44.7 Å². The molecule has 1 saturated heterocycles. The van der Waals surface area contributed by atoms with Crippen molar-refractivity contribution in [3.05, 3.63) is 23.8 Å². The number of amides is 2. The molecule has 154 valence electrons. The van der Waals surface area contributed by atoms with Crippen LogP contribution < -0.4 is 15.1 Å². The minimum atomic E-state index is -0.441. The number of nitrogens with one attached hydrogen (secondary N) is 1. The number of benzene rings is 1. The zero-order chi connectivity index (χ0) is 20.5. The van der Waals surface area contributed by atoms with Crippen LogP contribution in [0.15, 0.2) is 18.2 Å². The third-order valence-corrected chi connectivity index (χ3v) is 5.41. The summed E-state index contributed by atoms with van der Waals surface area (Å²) in [5, 5.41) is 2.58. The van der Waals surface area contributed by atoms with Gasteiger partial charge in [0.2, 0.25) is 12.3 Å². The average Bonchev–Trinajstić information content (AvgIpc) is 2.73. The van der Waals surface area contributed by atoms with E-state index in [0.717, 1.165) is 49.3 Å². The van der Waals surface area contributed by atoms with Gasteiger partial charge in [-0.3, -0.25) is 14.5 Å². The molecule has 1 aromatic carbocycles. The van der Waals surface area contributed by atoms with Gasteiger partial charge in [-0.1, -0.05) is 12.5 Å². The van der Waals surface area contributed by atoms with E-state index in [0.29, 0.717) is 6.42 Å². The second kappa shape index (κ2) is 10.8. The molecule has 2 amide bonds. The lowest BCUT2D eigenvalue weighted by Crippen LogP contribution is -2.35. The quantitative estimate of drug-likeness (QED) is 0.619. The SMILES string of the molecule is CNC(=O)CCC(C=O)N(C)c1ccc(CN2CCCCC2)cc1N(C)C=O. The lowest BCUT2D eigenvalue weighted by atomic mass is 10.1. The van der Waals surface area contributed by atoms with Crippen LogP contribution >= 0.6 is 0 Å². The monoisotopic (exact) mass is 388 g/mol. The molecular weight excluding hydrogens is 356 g/mol. The van der Waals surface area contributed by atoms with Crippen molar-refractivity contribution >= 4 is 30.0 Å². The first-order valence-corrected chi connectivity index (χ1v) is 9.92. The Morgan fingerprint density at radius 3 is 2.50 bits per heavy atom. The van der Waals surface area contributed by atoms with Gasteiger partial charge in [-0.25, -0.2) is 0 Å². The number of anilines is 2. The summed E-state index contributed by atoms with van der Waals surface area (Å²) in [6, 6.07) is 5.60. The van der Waals surface area contributed by atoms with Crippen LogP contribution in [0.25, 0.3) is 0 Å². The van der Waals surface area contributed by atoms with E-state index in [1.54, 1.807) is 14.1 Å². The number of likely N-dealkylation sites (tertiary alicyclic amines) is 1. The van der Waals surface area contributed by atoms with Crippen LogP contribution in [-0.4, -0.2) is 63.8 Å². The molecule has 1 heterocycles. The van der Waals surface area contributed by atoms with Crippen molar-refractivity contribution in [1.82, 2.24) is 10.2 Å². The first-order valence-electron chi connectivity index (χ1n) is 9.92. The Morgan fingerprint density at radius 2 is 1.89 bits per heavy atom. The number of hydrogen-bond acceptors (Lipinski definition) is 5. The molecule has 1 atom stereocenters. The molecule has 7 nitrogen and oxygen atoms in total. The maximum Gasteiger partial charge on any atom is 0.219 e. The Labute approximate surface area is 167 Å². The highest BCUT2D eigenvalue weighted by Crippen LogP contribution is 2.31. The number of carbonyl (C=O) groups is 3. The van der Waals surface area contributed by atoms with E-state index < -0.39 is 6.04 Å². The zero-order valence-electron chi connectivity index (χ0n) is 17.2. The van der Waals surface area contributed by atoms with Gasteiger partial charge < -0.3 is 19.9 Å². The van der Waals surface area contributed by atoms with E-state index in [4.69, 9.17) is 0 Å². The number of hydrogen-bond donors (Lipinski definition) is 1. The van der Waals surface area contributed by atoms with Crippen LogP contribution in [0.2, 0.25) is 0 Å². The number of aldehydes is 1. The third-order valence-electron chi connectivity index (χ3n) is 5.41. The molecule has 0 bridgehead atoms. The number of rotatable bonds is 10. The van der Waals surface area contributed by atoms with Crippen LogP contribution in [0.1, 0.15) is 37.7 Å². The summed E-state index contributed by atoms with van der Waals surface area (Å²) in [5.74, 6) is -0.0950. The van der Waals surface area contributed by atoms with Gasteiger partial charge in [0.15, 0.2) is 0 Å². The fraction of sp³-hybridized carbons (Fsp3) is 0.571. The number of nitrogens with zero attached hydrogens (tertiary/aromatic N) is 3. The molecule has 1 unspecified atom stereocenters. The smallest absolute Gasteiger partial charge is 0.219 e. The van der Waals surface area contributed by atoms with E-state index in [2.05, 4.69) is 16.3 Å². The van der Waals surface area contributed by atoms with Gasteiger partial charge in [0.25, 0.3) is 0 Å². The molecule has 1 N–H and O–H groups in total. The minimum absolute atomic E-state index is 0.0950. The Bertz CT molecular complexity index is 674. The summed E-state index contributed by atoms with van der Waals surface area (Å²) in [7, 11) is 5.12. The van der Waals surface area contributed by atoms with E-state index in [-0.39, 0.29) is 12.3 Å². The largest absolute Gasteiger partial charge is 0.363 e. The molecule has 1 fully saturated rings. The molecule has 1 aliphatic heterocycles. The van der Waals surface area contributed by atoms with Crippen LogP contribution in [-0.2, 0) is 20.9 Å². The van der Waals surface area contributed by atoms with Gasteiger partial charge in [0.05, 0.1) is 17.4 Å². The average molecular weight is 389 g/mol. The molecule has 2 rings (SSSR count). The van der Waals surface area contributed by atoms with Gasteiger partial charge in [0, 0.05) is 34.1 Å². The van der Waals surface area contributed by atoms with Crippen LogP contribution in [0, 0.1) is 0 Å². The number of carbonyl (C=O) groups excluding carboxylic acids is 3. The Kier molecular flexibility index (Phi) is 8.44. The Morgan fingerprint density at radius 1 is 1.18 bits per heavy atom. The molecular formula is C21H32N4O3. The van der Waals surface area contributed by atoms with Crippen molar-refractivity contribution in [3.8, 4) is 0 Å². The highest BCUT2D eigenvalue weighted by Gasteiger charge is 2.21. The topological polar surface area (TPSA) is 73.0 Å². The summed E-state index contributed by atoms with van der Waals surface area (Å²) in [4.78, 5) is 40.4. The van der Waals surface area contributed by atoms with E-state index in [9.17, 15) is 14.4 Å². The van der Waals surface area contributed by atoms with Gasteiger partial charge in [0.1, 0.15) is 6.29 Å². The molecule has 1 aliphatic rings. The molecule has 0 aromatic heterocycles. The van der Waals surface area contributed by atoms with Crippen molar-refractivity contribution in [1.29, 1.82) is 0 Å². The number of piperidine rings is 1. The Balaban J connectivity index is 2.21. The molecule has 1 aromatic rings. The highest BCUT2D eigenvalue weighted by atomic mass is 16.1. The summed E-state index contributed by atoms with van der Waals surface area (Å²) in [5.41, 5.74) is 2.71. The van der Waals surface area contributed by atoms with E-state index in [1.807, 2.05) is 24.1 Å². The lowest BCUT2D eigenvalue weighted by molar-refractivity contribution is -0.120. The van der Waals surface area contributed by atoms with Gasteiger partial charge in [-0.05, 0) is 50.0 Å². The lowest BCUT2D eigenvalue weighted by Gasteiger charge is -2.31. The summed E-state index contributed by atoms with van der Waals surface area (Å²) >= 11 is 0. The van der Waals surface area contributed by atoms with Crippen LogP contribution in [0.3, 0.4) is 0 Å². The second-order valence-electron chi connectivity index (χ2n) is 7.40. The maximum atomic E-state index is 11.6. The van der Waals surface area contributed by atoms with Crippen LogP contribution in [0.5, 0.6) is 0 Å². The molecule has 28 heavy (non-hydrogen) atoms. The zero-order valence-corrected chi connectivity index (χ0v) is 17.2. The van der Waals surface area contributed by atoms with E-state index >= 15 is 0 Å². The third kappa shape index (κ3) is 5.79. The second-order valence-corrected chi connectivity index (χ2v) is 7.40. The predicted molar refractivity (Wildman–Crippen MR) is 112 cm³/mol. The fourth-order valence-electron chi connectivity index (χ4n) is 3.62. The Hall–Kier alpha value is -2.41. The molecule has 7 heteroatoms. The summed E-state index contributed by atoms with van der Waals surface area (Å²) in [6.07, 6.45) is 6.08. The first-order chi connectivity index (χ1) is 13.5. The highest BCUT2D eigenvalue weighted by molar-refractivity contribution is 5.85. The normalized spacial score (nSPS) is 15.5. The number of likely N-dealkylation sites (N-methyl/N-ethyl adjacent to an activating group) is 1. The summed E-state index contributed by atoms with van der Waals surface area (Å²) < 4.78 is 0. The predicted octanol–water partition coefficient (Wildman–Crippen LogP) is 1.79. The van der Waals surface area contributed by atoms with Crippen LogP contribution in [0.4, 0.5) is 11.4 Å². The van der Waals surface area contributed by atoms with E-state index in [1.165, 1.54) is 24.2 Å². The van der Waals surface area contributed by atoms with Gasteiger partial charge in [-0.15, -0.1) is 0 Å². The fourth-order valence-corrected chi connectivity index (χ4v) is 3.62. The van der Waals surface area contributed by atoms with Gasteiger partial charge >= 0.3 is 0 Å². The van der Waals surface area contributed by atoms with Gasteiger partial charge in [-0.2, -0.15) is 0 Å². The molecule has 0 radical (unpaired) electrons. The van der Waals surface area contributed by atoms with Crippen molar-refractivity contribution in [2.75, 3.05) is 44.0 Å². The van der Waals surface area contributed by atoms with Crippen molar-refractivity contribution < 1.29 is 14.4 Å². The summed E-state index contributed by atoms with van der Waals surface area (Å²) in [6.45, 7) is 3.07.